The Labute approximate surface area is 127 Å². The second-order valence-electron chi connectivity index (χ2n) is 4.77. The van der Waals surface area contributed by atoms with Crippen LogP contribution in [-0.4, -0.2) is 17.0 Å². The molecule has 0 bridgehead atoms. The number of carbonyl (C=O) groups is 1. The molecule has 0 atom stereocenters. The molecular formula is C16H15N3O3. The fourth-order valence-corrected chi connectivity index (χ4v) is 1.98. The van der Waals surface area contributed by atoms with E-state index in [-0.39, 0.29) is 12.1 Å². The van der Waals surface area contributed by atoms with Crippen molar-refractivity contribution in [3.8, 4) is 0 Å². The summed E-state index contributed by atoms with van der Waals surface area (Å²) < 4.78 is 0. The van der Waals surface area contributed by atoms with Gasteiger partial charge in [0.05, 0.1) is 17.6 Å². The maximum atomic E-state index is 11.8. The third-order valence-electron chi connectivity index (χ3n) is 2.98. The van der Waals surface area contributed by atoms with Crippen molar-refractivity contribution >= 4 is 17.8 Å². The molecule has 0 saturated carbocycles. The van der Waals surface area contributed by atoms with Crippen molar-refractivity contribution in [3.05, 3.63) is 75.3 Å². The third kappa shape index (κ3) is 4.24. The topological polar surface area (TPSA) is 84.6 Å². The highest BCUT2D eigenvalue weighted by molar-refractivity contribution is 5.83. The number of para-hydroxylation sites is 1. The molecule has 6 nitrogen and oxygen atoms in total. The highest BCUT2D eigenvalue weighted by Crippen LogP contribution is 2.17. The number of aryl methyl sites for hydroxylation is 1. The molecule has 0 saturated heterocycles. The van der Waals surface area contributed by atoms with Crippen LogP contribution in [0.2, 0.25) is 0 Å². The Balaban J connectivity index is 1.98. The minimum atomic E-state index is -0.501. The molecule has 0 fully saturated rings. The molecule has 1 N–H and O–H groups in total. The maximum Gasteiger partial charge on any atom is 0.273 e. The largest absolute Gasteiger partial charge is 0.273 e. The number of nitro benzene ring substituents is 1. The molecule has 22 heavy (non-hydrogen) atoms. The molecular weight excluding hydrogens is 282 g/mol. The number of carbonyl (C=O) groups excluding carboxylic acids is 1. The van der Waals surface area contributed by atoms with E-state index in [1.54, 1.807) is 18.2 Å². The number of amides is 1. The van der Waals surface area contributed by atoms with Gasteiger partial charge in [-0.25, -0.2) is 5.43 Å². The molecule has 0 radical (unpaired) electrons. The van der Waals surface area contributed by atoms with Gasteiger partial charge in [-0.15, -0.1) is 0 Å². The molecule has 1 amide bonds. The van der Waals surface area contributed by atoms with Gasteiger partial charge in [-0.3, -0.25) is 14.9 Å². The summed E-state index contributed by atoms with van der Waals surface area (Å²) in [6.45, 7) is 1.96. The second-order valence-corrected chi connectivity index (χ2v) is 4.77. The molecule has 0 aromatic heterocycles. The molecule has 112 valence electrons. The number of rotatable bonds is 5. The van der Waals surface area contributed by atoms with E-state index in [2.05, 4.69) is 10.5 Å². The summed E-state index contributed by atoms with van der Waals surface area (Å²) in [5.41, 5.74) is 4.62. The van der Waals surface area contributed by atoms with E-state index in [9.17, 15) is 14.9 Å². The predicted octanol–water partition coefficient (Wildman–Crippen LogP) is 2.60. The van der Waals surface area contributed by atoms with Gasteiger partial charge in [0.25, 0.3) is 5.69 Å². The molecule has 0 aliphatic heterocycles. The van der Waals surface area contributed by atoms with Gasteiger partial charge >= 0.3 is 0 Å². The molecule has 0 heterocycles. The SMILES string of the molecule is Cc1cccc(C=NNC(=O)Cc2ccccc2[N+](=O)[O-])c1. The summed E-state index contributed by atoms with van der Waals surface area (Å²) in [6.07, 6.45) is 1.44. The van der Waals surface area contributed by atoms with E-state index >= 15 is 0 Å². The van der Waals surface area contributed by atoms with Crippen LogP contribution in [0.15, 0.2) is 53.6 Å². The quantitative estimate of drug-likeness (QED) is 0.523. The fraction of sp³-hybridized carbons (Fsp3) is 0.125. The smallest absolute Gasteiger partial charge is 0.273 e. The number of benzene rings is 2. The van der Waals surface area contributed by atoms with Gasteiger partial charge < -0.3 is 0 Å². The van der Waals surface area contributed by atoms with E-state index < -0.39 is 10.8 Å². The van der Waals surface area contributed by atoms with Crippen LogP contribution in [0.5, 0.6) is 0 Å². The van der Waals surface area contributed by atoms with Crippen molar-refractivity contribution in [2.24, 2.45) is 5.10 Å². The van der Waals surface area contributed by atoms with Gasteiger partial charge in [-0.1, -0.05) is 48.0 Å². The average Bonchev–Trinajstić information content (AvgIpc) is 2.47. The highest BCUT2D eigenvalue weighted by atomic mass is 16.6. The Morgan fingerprint density at radius 2 is 2.05 bits per heavy atom. The number of nitrogens with one attached hydrogen (secondary N) is 1. The zero-order valence-corrected chi connectivity index (χ0v) is 12.0. The number of hydrogen-bond donors (Lipinski definition) is 1. The molecule has 2 rings (SSSR count). The Hall–Kier alpha value is -3.02. The van der Waals surface area contributed by atoms with E-state index in [0.29, 0.717) is 5.56 Å². The van der Waals surface area contributed by atoms with Gasteiger partial charge in [0, 0.05) is 11.6 Å². The lowest BCUT2D eigenvalue weighted by molar-refractivity contribution is -0.385. The monoisotopic (exact) mass is 297 g/mol. The van der Waals surface area contributed by atoms with Crippen molar-refractivity contribution in [3.63, 3.8) is 0 Å². The van der Waals surface area contributed by atoms with Crippen LogP contribution in [0.25, 0.3) is 0 Å². The fourth-order valence-electron chi connectivity index (χ4n) is 1.98. The molecule has 0 aliphatic carbocycles. The number of hydrogen-bond acceptors (Lipinski definition) is 4. The van der Waals surface area contributed by atoms with Gasteiger partial charge in [-0.2, -0.15) is 5.10 Å². The molecule has 6 heteroatoms. The van der Waals surface area contributed by atoms with Crippen molar-refractivity contribution < 1.29 is 9.72 Å². The van der Waals surface area contributed by atoms with Gasteiger partial charge in [0.1, 0.15) is 0 Å². The Kier molecular flexibility index (Phi) is 4.98. The molecule has 0 unspecified atom stereocenters. The molecule has 0 aliphatic rings. The molecule has 2 aromatic carbocycles. The second kappa shape index (κ2) is 7.12. The van der Waals surface area contributed by atoms with Crippen LogP contribution in [-0.2, 0) is 11.2 Å². The summed E-state index contributed by atoms with van der Waals surface area (Å²) in [5.74, 6) is -0.404. The first-order valence-corrected chi connectivity index (χ1v) is 6.67. The first-order chi connectivity index (χ1) is 10.6. The molecule has 2 aromatic rings. The number of nitrogens with zero attached hydrogens (tertiary/aromatic N) is 2. The van der Waals surface area contributed by atoms with Crippen LogP contribution >= 0.6 is 0 Å². The summed E-state index contributed by atoms with van der Waals surface area (Å²) >= 11 is 0. The summed E-state index contributed by atoms with van der Waals surface area (Å²) in [6, 6.07) is 13.8. The lowest BCUT2D eigenvalue weighted by Crippen LogP contribution is -2.20. The van der Waals surface area contributed by atoms with E-state index in [1.165, 1.54) is 12.3 Å². The van der Waals surface area contributed by atoms with Crippen molar-refractivity contribution in [2.75, 3.05) is 0 Å². The number of hydrazone groups is 1. The summed E-state index contributed by atoms with van der Waals surface area (Å²) in [4.78, 5) is 22.2. The Morgan fingerprint density at radius 1 is 1.27 bits per heavy atom. The standard InChI is InChI=1S/C16H15N3O3/c1-12-5-4-6-13(9-12)11-17-18-16(20)10-14-7-2-3-8-15(14)19(21)22/h2-9,11H,10H2,1H3,(H,18,20). The lowest BCUT2D eigenvalue weighted by atomic mass is 10.1. The van der Waals surface area contributed by atoms with E-state index in [1.807, 2.05) is 31.2 Å². The Morgan fingerprint density at radius 3 is 2.77 bits per heavy atom. The van der Waals surface area contributed by atoms with Crippen LogP contribution in [0.1, 0.15) is 16.7 Å². The van der Waals surface area contributed by atoms with Crippen molar-refractivity contribution in [1.29, 1.82) is 0 Å². The average molecular weight is 297 g/mol. The maximum absolute atomic E-state index is 11.8. The van der Waals surface area contributed by atoms with Crippen LogP contribution < -0.4 is 5.43 Å². The van der Waals surface area contributed by atoms with Crippen molar-refractivity contribution in [1.82, 2.24) is 5.43 Å². The van der Waals surface area contributed by atoms with Gasteiger partial charge in [0.15, 0.2) is 0 Å². The first kappa shape index (κ1) is 15.4. The van der Waals surface area contributed by atoms with Gasteiger partial charge in [-0.05, 0) is 12.5 Å². The normalized spacial score (nSPS) is 10.6. The minimum Gasteiger partial charge on any atom is -0.273 e. The minimum absolute atomic E-state index is 0.0692. The Bertz CT molecular complexity index is 726. The van der Waals surface area contributed by atoms with E-state index in [4.69, 9.17) is 0 Å². The lowest BCUT2D eigenvalue weighted by Gasteiger charge is -2.02. The van der Waals surface area contributed by atoms with E-state index in [0.717, 1.165) is 11.1 Å². The van der Waals surface area contributed by atoms with Crippen LogP contribution in [0.4, 0.5) is 5.69 Å². The zero-order valence-electron chi connectivity index (χ0n) is 12.0. The zero-order chi connectivity index (χ0) is 15.9. The number of nitro groups is 1. The van der Waals surface area contributed by atoms with Crippen LogP contribution in [0.3, 0.4) is 0 Å². The summed E-state index contributed by atoms with van der Waals surface area (Å²) in [7, 11) is 0. The third-order valence-corrected chi connectivity index (χ3v) is 2.98. The highest BCUT2D eigenvalue weighted by Gasteiger charge is 2.14. The summed E-state index contributed by atoms with van der Waals surface area (Å²) in [5, 5.41) is 14.7. The molecule has 0 spiro atoms. The first-order valence-electron chi connectivity index (χ1n) is 6.67. The predicted molar refractivity (Wildman–Crippen MR) is 83.7 cm³/mol. The van der Waals surface area contributed by atoms with Crippen molar-refractivity contribution in [2.45, 2.75) is 13.3 Å². The van der Waals surface area contributed by atoms with Crippen LogP contribution in [0, 0.1) is 17.0 Å². The van der Waals surface area contributed by atoms with Gasteiger partial charge in [0.2, 0.25) is 5.91 Å².